The first-order chi connectivity index (χ1) is 14.7. The first-order valence-corrected chi connectivity index (χ1v) is 9.44. The third kappa shape index (κ3) is 4.62. The van der Waals surface area contributed by atoms with Crippen molar-refractivity contribution in [2.75, 3.05) is 0 Å². The molecule has 0 atom stereocenters. The normalized spacial score (nSPS) is 14.3. The molecule has 0 unspecified atom stereocenters. The number of hydrogen-bond acceptors (Lipinski definition) is 4. The van der Waals surface area contributed by atoms with E-state index >= 15 is 0 Å². The van der Waals surface area contributed by atoms with Crippen LogP contribution in [0.4, 0.5) is 0 Å². The Hall–Kier alpha value is -4.18. The summed E-state index contributed by atoms with van der Waals surface area (Å²) in [5.41, 5.74) is 2.36. The van der Waals surface area contributed by atoms with Gasteiger partial charge in [-0.1, -0.05) is 72.8 Å². The van der Waals surface area contributed by atoms with Gasteiger partial charge in [0.1, 0.15) is 11.5 Å². The van der Waals surface area contributed by atoms with Gasteiger partial charge in [0.05, 0.1) is 5.56 Å². The fourth-order valence-corrected chi connectivity index (χ4v) is 2.93. The van der Waals surface area contributed by atoms with Gasteiger partial charge in [-0.15, -0.1) is 0 Å². The lowest BCUT2D eigenvalue weighted by atomic mass is 10.1. The van der Waals surface area contributed by atoms with Gasteiger partial charge in [-0.25, -0.2) is 4.79 Å². The Bertz CT molecular complexity index is 1160. The molecule has 146 valence electrons. The number of carbonyl (C=O) groups is 2. The highest BCUT2D eigenvalue weighted by Crippen LogP contribution is 2.34. The Morgan fingerprint density at radius 1 is 0.833 bits per heavy atom. The average Bonchev–Trinajstić information content (AvgIpc) is 3.09. The van der Waals surface area contributed by atoms with Crippen molar-refractivity contribution >= 4 is 23.9 Å². The molecule has 1 heterocycles. The molecule has 0 fully saturated rings. The van der Waals surface area contributed by atoms with E-state index in [9.17, 15) is 9.59 Å². The number of rotatable bonds is 5. The molecule has 0 amide bonds. The van der Waals surface area contributed by atoms with Crippen molar-refractivity contribution in [2.45, 2.75) is 0 Å². The lowest BCUT2D eigenvalue weighted by Gasteiger charge is -2.03. The molecule has 4 heteroatoms. The summed E-state index contributed by atoms with van der Waals surface area (Å²) in [6.45, 7) is 0. The van der Waals surface area contributed by atoms with Crippen molar-refractivity contribution in [3.8, 4) is 11.5 Å². The van der Waals surface area contributed by atoms with Crippen LogP contribution in [0.1, 0.15) is 21.5 Å². The van der Waals surface area contributed by atoms with E-state index in [0.29, 0.717) is 17.1 Å². The van der Waals surface area contributed by atoms with Gasteiger partial charge in [0.25, 0.3) is 0 Å². The summed E-state index contributed by atoms with van der Waals surface area (Å²) >= 11 is 0. The van der Waals surface area contributed by atoms with Crippen LogP contribution >= 0.6 is 0 Å². The quantitative estimate of drug-likeness (QED) is 0.327. The molecule has 3 aromatic rings. The molecule has 30 heavy (non-hydrogen) atoms. The van der Waals surface area contributed by atoms with Crippen molar-refractivity contribution in [3.63, 3.8) is 0 Å². The number of allylic oxidation sites excluding steroid dienone is 3. The zero-order chi connectivity index (χ0) is 20.8. The number of hydrogen-bond donors (Lipinski definition) is 0. The summed E-state index contributed by atoms with van der Waals surface area (Å²) in [6, 6.07) is 23.9. The summed E-state index contributed by atoms with van der Waals surface area (Å²) in [7, 11) is 0. The van der Waals surface area contributed by atoms with Crippen molar-refractivity contribution in [1.29, 1.82) is 0 Å². The van der Waals surface area contributed by atoms with Gasteiger partial charge in [-0.05, 0) is 35.4 Å². The first kappa shape index (κ1) is 19.2. The number of esters is 1. The smallest absolute Gasteiger partial charge is 0.336 e. The van der Waals surface area contributed by atoms with E-state index < -0.39 is 5.97 Å². The number of benzene rings is 3. The van der Waals surface area contributed by atoms with Gasteiger partial charge in [-0.2, -0.15) is 0 Å². The largest absolute Gasteiger partial charge is 0.452 e. The number of ether oxygens (including phenoxy) is 2. The Morgan fingerprint density at radius 3 is 2.20 bits per heavy atom. The summed E-state index contributed by atoms with van der Waals surface area (Å²) in [6.07, 6.45) is 8.32. The average molecular weight is 394 g/mol. The molecule has 0 aromatic heterocycles. The lowest BCUT2D eigenvalue weighted by molar-refractivity contribution is -0.128. The molecule has 0 aliphatic carbocycles. The number of ketones is 1. The highest BCUT2D eigenvalue weighted by molar-refractivity contribution is 6.12. The predicted octanol–water partition coefficient (Wildman–Crippen LogP) is 5.48. The van der Waals surface area contributed by atoms with Gasteiger partial charge in [0, 0.05) is 12.1 Å². The number of fused-ring (bicyclic) bond motifs is 1. The molecule has 0 N–H and O–H groups in total. The van der Waals surface area contributed by atoms with E-state index in [1.165, 1.54) is 6.08 Å². The minimum Gasteiger partial charge on any atom is -0.452 e. The molecule has 1 aliphatic heterocycles. The molecule has 0 radical (unpaired) electrons. The molecule has 4 rings (SSSR count). The standard InChI is InChI=1S/C26H18O4/c27-25(17-14-20-10-5-2-6-11-20)29-21-15-16-22-24(18-21)30-23(26(22)28)13-7-12-19-8-3-1-4-9-19/h1-18H/b12-7+,17-14+,23-13-. The molecular formula is C26H18O4. The van der Waals surface area contributed by atoms with Gasteiger partial charge in [-0.3, -0.25) is 4.79 Å². The molecule has 1 aliphatic rings. The van der Waals surface area contributed by atoms with Gasteiger partial charge < -0.3 is 9.47 Å². The zero-order valence-electron chi connectivity index (χ0n) is 16.0. The minimum atomic E-state index is -0.510. The number of Topliss-reactive ketones (excluding diaryl/α,β-unsaturated/α-hetero) is 1. The maximum Gasteiger partial charge on any atom is 0.336 e. The molecule has 0 bridgehead atoms. The van der Waals surface area contributed by atoms with Crippen LogP contribution in [0.5, 0.6) is 11.5 Å². The van der Waals surface area contributed by atoms with Gasteiger partial charge in [0.2, 0.25) is 5.78 Å². The molecule has 4 nitrogen and oxygen atoms in total. The summed E-state index contributed by atoms with van der Waals surface area (Å²) in [5, 5.41) is 0. The second-order valence-electron chi connectivity index (χ2n) is 6.55. The summed E-state index contributed by atoms with van der Waals surface area (Å²) < 4.78 is 11.0. The topological polar surface area (TPSA) is 52.6 Å². The predicted molar refractivity (Wildman–Crippen MR) is 116 cm³/mol. The third-order valence-corrected chi connectivity index (χ3v) is 4.41. The monoisotopic (exact) mass is 394 g/mol. The third-order valence-electron chi connectivity index (χ3n) is 4.41. The lowest BCUT2D eigenvalue weighted by Crippen LogP contribution is -2.03. The Morgan fingerprint density at radius 2 is 1.50 bits per heavy atom. The summed E-state index contributed by atoms with van der Waals surface area (Å²) in [5.74, 6) is 0.195. The fraction of sp³-hybridized carbons (Fsp3) is 0. The first-order valence-electron chi connectivity index (χ1n) is 9.44. The van der Waals surface area contributed by atoms with Crippen LogP contribution in [0, 0.1) is 0 Å². The highest BCUT2D eigenvalue weighted by atomic mass is 16.5. The Labute approximate surface area is 174 Å². The van der Waals surface area contributed by atoms with E-state index in [2.05, 4.69) is 0 Å². The maximum absolute atomic E-state index is 12.5. The molecule has 0 saturated heterocycles. The van der Waals surface area contributed by atoms with Crippen LogP contribution in [0.15, 0.2) is 103 Å². The highest BCUT2D eigenvalue weighted by Gasteiger charge is 2.27. The maximum atomic E-state index is 12.5. The summed E-state index contributed by atoms with van der Waals surface area (Å²) in [4.78, 5) is 24.5. The van der Waals surface area contributed by atoms with E-state index in [-0.39, 0.29) is 11.5 Å². The van der Waals surface area contributed by atoms with Crippen LogP contribution in [-0.4, -0.2) is 11.8 Å². The van der Waals surface area contributed by atoms with E-state index in [4.69, 9.17) is 9.47 Å². The van der Waals surface area contributed by atoms with Crippen LogP contribution in [0.3, 0.4) is 0 Å². The van der Waals surface area contributed by atoms with Crippen LogP contribution < -0.4 is 9.47 Å². The van der Waals surface area contributed by atoms with E-state index in [1.54, 1.807) is 36.4 Å². The van der Waals surface area contributed by atoms with Crippen LogP contribution in [0.2, 0.25) is 0 Å². The van der Waals surface area contributed by atoms with Crippen LogP contribution in [-0.2, 0) is 4.79 Å². The molecule has 3 aromatic carbocycles. The van der Waals surface area contributed by atoms with E-state index in [1.807, 2.05) is 66.7 Å². The van der Waals surface area contributed by atoms with Gasteiger partial charge in [0.15, 0.2) is 5.76 Å². The van der Waals surface area contributed by atoms with Crippen molar-refractivity contribution in [3.05, 3.63) is 120 Å². The SMILES string of the molecule is O=C(/C=C/c1ccccc1)Oc1ccc2c(c1)O/C(=C\C=C\c1ccccc1)C2=O. The zero-order valence-corrected chi connectivity index (χ0v) is 16.0. The Balaban J connectivity index is 1.43. The second-order valence-corrected chi connectivity index (χ2v) is 6.55. The minimum absolute atomic E-state index is 0.204. The molecule has 0 saturated carbocycles. The van der Waals surface area contributed by atoms with E-state index in [0.717, 1.165) is 11.1 Å². The van der Waals surface area contributed by atoms with Crippen LogP contribution in [0.25, 0.3) is 12.2 Å². The molecule has 0 spiro atoms. The fourth-order valence-electron chi connectivity index (χ4n) is 2.93. The van der Waals surface area contributed by atoms with Crippen molar-refractivity contribution in [1.82, 2.24) is 0 Å². The van der Waals surface area contributed by atoms with Crippen molar-refractivity contribution < 1.29 is 19.1 Å². The Kier molecular flexibility index (Phi) is 5.67. The van der Waals surface area contributed by atoms with Gasteiger partial charge >= 0.3 is 5.97 Å². The second kappa shape index (κ2) is 8.88. The molecular weight excluding hydrogens is 376 g/mol. The van der Waals surface area contributed by atoms with Crippen molar-refractivity contribution in [2.24, 2.45) is 0 Å². The number of carbonyl (C=O) groups excluding carboxylic acids is 2.